The summed E-state index contributed by atoms with van der Waals surface area (Å²) in [7, 11) is 0. The molecule has 212 valence electrons. The Bertz CT molecular complexity index is 1510. The molecule has 9 nitrogen and oxygen atoms in total. The quantitative estimate of drug-likeness (QED) is 0.160. The molecular formula is C32H34N4O5. The van der Waals surface area contributed by atoms with Gasteiger partial charge in [-0.2, -0.15) is 0 Å². The number of hydrogen-bond acceptors (Lipinski definition) is 6. The number of nitrogens with one attached hydrogen (secondary N) is 2. The number of aromatic hydroxyl groups is 1. The van der Waals surface area contributed by atoms with Gasteiger partial charge in [0.1, 0.15) is 11.5 Å². The molecule has 4 aromatic carbocycles. The third-order valence-electron chi connectivity index (χ3n) is 6.58. The molecule has 0 fully saturated rings. The van der Waals surface area contributed by atoms with Gasteiger partial charge in [0.25, 0.3) is 5.91 Å². The summed E-state index contributed by atoms with van der Waals surface area (Å²) in [5, 5.41) is 16.5. The van der Waals surface area contributed by atoms with Crippen LogP contribution in [0.2, 0.25) is 0 Å². The van der Waals surface area contributed by atoms with E-state index < -0.39 is 17.9 Å². The van der Waals surface area contributed by atoms with Crippen LogP contribution in [-0.2, 0) is 16.0 Å². The molecule has 9 heteroatoms. The first kappa shape index (κ1) is 29.1. The summed E-state index contributed by atoms with van der Waals surface area (Å²) in [6, 6.07) is 24.8. The maximum absolute atomic E-state index is 13.2. The molecule has 0 aliphatic rings. The average molecular weight is 555 g/mol. The Balaban J connectivity index is 1.44. The molecule has 0 saturated carbocycles. The second kappa shape index (κ2) is 14.0. The van der Waals surface area contributed by atoms with E-state index >= 15 is 0 Å². The number of amides is 3. The number of carbonyl (C=O) groups is 3. The monoisotopic (exact) mass is 554 g/mol. The fourth-order valence-electron chi connectivity index (χ4n) is 4.52. The molecule has 3 amide bonds. The zero-order chi connectivity index (χ0) is 29.2. The van der Waals surface area contributed by atoms with Gasteiger partial charge in [0.2, 0.25) is 11.8 Å². The second-order valence-electron chi connectivity index (χ2n) is 9.69. The molecule has 0 saturated heterocycles. The molecule has 4 rings (SSSR count). The zero-order valence-corrected chi connectivity index (χ0v) is 22.6. The molecule has 0 bridgehead atoms. The molecule has 0 heterocycles. The van der Waals surface area contributed by atoms with E-state index in [1.54, 1.807) is 30.3 Å². The van der Waals surface area contributed by atoms with Crippen molar-refractivity contribution in [3.8, 4) is 22.6 Å². The lowest BCUT2D eigenvalue weighted by molar-refractivity contribution is -0.122. The summed E-state index contributed by atoms with van der Waals surface area (Å²) in [4.78, 5) is 36.9. The SMILES string of the molecule is NC(=O)CNC(=O)c1cc2ccccc2c(OCCCCNC(=O)C(N)Cc2ccc(O)cc2)c1-c1ccccc1. The van der Waals surface area contributed by atoms with Gasteiger partial charge >= 0.3 is 0 Å². The van der Waals surface area contributed by atoms with Crippen LogP contribution in [0.4, 0.5) is 0 Å². The van der Waals surface area contributed by atoms with Crippen molar-refractivity contribution in [2.45, 2.75) is 25.3 Å². The fourth-order valence-corrected chi connectivity index (χ4v) is 4.52. The number of rotatable bonds is 13. The number of hydrogen-bond donors (Lipinski definition) is 5. The number of nitrogens with two attached hydrogens (primary N) is 2. The molecule has 0 aliphatic carbocycles. The number of phenols is 1. The Kier molecular flexibility index (Phi) is 9.90. The van der Waals surface area contributed by atoms with Crippen molar-refractivity contribution in [1.29, 1.82) is 0 Å². The normalized spacial score (nSPS) is 11.5. The maximum atomic E-state index is 13.2. The van der Waals surface area contributed by atoms with E-state index in [4.69, 9.17) is 16.2 Å². The summed E-state index contributed by atoms with van der Waals surface area (Å²) in [6.07, 6.45) is 1.68. The highest BCUT2D eigenvalue weighted by Crippen LogP contribution is 2.40. The van der Waals surface area contributed by atoms with Crippen molar-refractivity contribution in [3.63, 3.8) is 0 Å². The molecule has 0 spiro atoms. The Morgan fingerprint density at radius 2 is 1.59 bits per heavy atom. The van der Waals surface area contributed by atoms with Gasteiger partial charge in [0.05, 0.1) is 24.8 Å². The lowest BCUT2D eigenvalue weighted by Crippen LogP contribution is -2.42. The Labute approximate surface area is 238 Å². The van der Waals surface area contributed by atoms with Gasteiger partial charge in [0, 0.05) is 17.5 Å². The van der Waals surface area contributed by atoms with Crippen molar-refractivity contribution in [1.82, 2.24) is 10.6 Å². The number of benzene rings is 4. The summed E-state index contributed by atoms with van der Waals surface area (Å²) < 4.78 is 6.33. The second-order valence-corrected chi connectivity index (χ2v) is 9.69. The predicted molar refractivity (Wildman–Crippen MR) is 158 cm³/mol. The van der Waals surface area contributed by atoms with Gasteiger partial charge in [0.15, 0.2) is 0 Å². The van der Waals surface area contributed by atoms with E-state index in [-0.39, 0.29) is 18.2 Å². The lowest BCUT2D eigenvalue weighted by Gasteiger charge is -2.19. The summed E-state index contributed by atoms with van der Waals surface area (Å²) in [6.45, 7) is 0.513. The third-order valence-corrected chi connectivity index (χ3v) is 6.58. The van der Waals surface area contributed by atoms with Crippen molar-refractivity contribution >= 4 is 28.5 Å². The smallest absolute Gasteiger partial charge is 0.252 e. The highest BCUT2D eigenvalue weighted by atomic mass is 16.5. The van der Waals surface area contributed by atoms with Crippen LogP contribution in [0.5, 0.6) is 11.5 Å². The van der Waals surface area contributed by atoms with Crippen LogP contribution in [0.3, 0.4) is 0 Å². The van der Waals surface area contributed by atoms with Crippen molar-refractivity contribution in [2.75, 3.05) is 19.7 Å². The summed E-state index contributed by atoms with van der Waals surface area (Å²) in [5.41, 5.74) is 14.0. The lowest BCUT2D eigenvalue weighted by atomic mass is 9.93. The van der Waals surface area contributed by atoms with E-state index in [1.165, 1.54) is 0 Å². The van der Waals surface area contributed by atoms with Crippen LogP contribution in [0.25, 0.3) is 21.9 Å². The van der Waals surface area contributed by atoms with Gasteiger partial charge in [-0.3, -0.25) is 14.4 Å². The van der Waals surface area contributed by atoms with Gasteiger partial charge in [-0.25, -0.2) is 0 Å². The summed E-state index contributed by atoms with van der Waals surface area (Å²) in [5.74, 6) is -0.574. The Morgan fingerprint density at radius 3 is 2.32 bits per heavy atom. The van der Waals surface area contributed by atoms with E-state index in [9.17, 15) is 19.5 Å². The molecule has 0 aromatic heterocycles. The average Bonchev–Trinajstić information content (AvgIpc) is 2.98. The van der Waals surface area contributed by atoms with Crippen LogP contribution in [0.1, 0.15) is 28.8 Å². The van der Waals surface area contributed by atoms with E-state index in [0.717, 1.165) is 21.9 Å². The number of carbonyl (C=O) groups excluding carboxylic acids is 3. The van der Waals surface area contributed by atoms with E-state index in [0.29, 0.717) is 49.3 Å². The molecule has 1 atom stereocenters. The first-order chi connectivity index (χ1) is 19.8. The minimum Gasteiger partial charge on any atom is -0.508 e. The largest absolute Gasteiger partial charge is 0.508 e. The molecule has 4 aromatic rings. The molecule has 0 aliphatic heterocycles. The van der Waals surface area contributed by atoms with Gasteiger partial charge in [-0.05, 0) is 54.0 Å². The number of ether oxygens (including phenoxy) is 1. The van der Waals surface area contributed by atoms with Crippen molar-refractivity contribution in [2.24, 2.45) is 11.5 Å². The van der Waals surface area contributed by atoms with Gasteiger partial charge < -0.3 is 31.9 Å². The molecule has 41 heavy (non-hydrogen) atoms. The standard InChI is InChI=1S/C32H34N4O5/c33-27(18-21-12-14-24(37)15-13-21)32(40)35-16-6-7-17-41-30-25-11-5-4-10-23(25)19-26(31(39)36-20-28(34)38)29(30)22-8-2-1-3-9-22/h1-5,8-15,19,27,37H,6-7,16-18,20,33H2,(H2,34,38)(H,35,40)(H,36,39). The van der Waals surface area contributed by atoms with Crippen LogP contribution >= 0.6 is 0 Å². The first-order valence-corrected chi connectivity index (χ1v) is 13.4. The van der Waals surface area contributed by atoms with Crippen LogP contribution < -0.4 is 26.8 Å². The molecule has 7 N–H and O–H groups in total. The van der Waals surface area contributed by atoms with Gasteiger partial charge in [-0.1, -0.05) is 66.7 Å². The van der Waals surface area contributed by atoms with Crippen LogP contribution in [-0.4, -0.2) is 48.6 Å². The van der Waals surface area contributed by atoms with Crippen LogP contribution in [0, 0.1) is 0 Å². The number of primary amides is 1. The maximum Gasteiger partial charge on any atom is 0.252 e. The highest BCUT2D eigenvalue weighted by molar-refractivity contribution is 6.09. The highest BCUT2D eigenvalue weighted by Gasteiger charge is 2.21. The Morgan fingerprint density at radius 1 is 0.878 bits per heavy atom. The third kappa shape index (κ3) is 7.83. The number of phenolic OH excluding ortho intramolecular Hbond substituents is 1. The van der Waals surface area contributed by atoms with Crippen LogP contribution in [0.15, 0.2) is 84.9 Å². The first-order valence-electron chi connectivity index (χ1n) is 13.4. The number of fused-ring (bicyclic) bond motifs is 1. The molecule has 0 radical (unpaired) electrons. The molecule has 1 unspecified atom stereocenters. The Hall–Kier alpha value is -4.89. The van der Waals surface area contributed by atoms with E-state index in [1.807, 2.05) is 54.6 Å². The minimum absolute atomic E-state index is 0.163. The van der Waals surface area contributed by atoms with E-state index in [2.05, 4.69) is 10.6 Å². The molecular weight excluding hydrogens is 520 g/mol. The fraction of sp³-hybridized carbons (Fsp3) is 0.219. The minimum atomic E-state index is -0.695. The predicted octanol–water partition coefficient (Wildman–Crippen LogP) is 3.27. The van der Waals surface area contributed by atoms with Crippen molar-refractivity contribution in [3.05, 3.63) is 96.1 Å². The number of unbranched alkanes of at least 4 members (excludes halogenated alkanes) is 1. The topological polar surface area (TPSA) is 157 Å². The van der Waals surface area contributed by atoms with Crippen molar-refractivity contribution < 1.29 is 24.2 Å². The van der Waals surface area contributed by atoms with Gasteiger partial charge in [-0.15, -0.1) is 0 Å². The zero-order valence-electron chi connectivity index (χ0n) is 22.6. The summed E-state index contributed by atoms with van der Waals surface area (Å²) >= 11 is 0.